The second kappa shape index (κ2) is 20.1. The van der Waals surface area contributed by atoms with Gasteiger partial charge < -0.3 is 0 Å². The van der Waals surface area contributed by atoms with Gasteiger partial charge in [-0.2, -0.15) is 8.42 Å². The van der Waals surface area contributed by atoms with E-state index in [-0.39, 0.29) is 4.90 Å². The molecular weight excluding hydrogens is 383 g/mol. The molecule has 5 heteroatoms. The van der Waals surface area contributed by atoms with Gasteiger partial charge in [-0.25, -0.2) is 0 Å². The zero-order valence-electron chi connectivity index (χ0n) is 17.7. The van der Waals surface area contributed by atoms with E-state index in [1.165, 1.54) is 102 Å². The van der Waals surface area contributed by atoms with Gasteiger partial charge >= 0.3 is 120 Å². The minimum Gasteiger partial charge on any atom is -0.282 e. The molecule has 0 heterocycles. The molecule has 0 aliphatic carbocycles. The maximum absolute atomic E-state index is 10.4. The predicted molar refractivity (Wildman–Crippen MR) is 117 cm³/mol. The van der Waals surface area contributed by atoms with Crippen LogP contribution in [0.3, 0.4) is 0 Å². The van der Waals surface area contributed by atoms with Crippen molar-refractivity contribution in [2.24, 2.45) is 0 Å². The van der Waals surface area contributed by atoms with Crippen LogP contribution in [0.4, 0.5) is 0 Å². The Morgan fingerprint density at radius 2 is 1.07 bits per heavy atom. The molecule has 0 saturated carbocycles. The summed E-state index contributed by atoms with van der Waals surface area (Å²) in [5.74, 6) is 0. The Kier molecular flexibility index (Phi) is 20.6. The van der Waals surface area contributed by atoms with E-state index in [4.69, 9.17) is 4.55 Å². The molecule has 0 aliphatic rings. The zero-order chi connectivity index (χ0) is 20.2. The van der Waals surface area contributed by atoms with Gasteiger partial charge in [0.25, 0.3) is 10.1 Å². The second-order valence-corrected chi connectivity index (χ2v) is 10.4. The molecule has 0 spiro atoms. The Morgan fingerprint density at radius 3 is 1.37 bits per heavy atom. The van der Waals surface area contributed by atoms with E-state index in [1.807, 2.05) is 0 Å². The number of benzene rings is 1. The van der Waals surface area contributed by atoms with E-state index in [2.05, 4.69) is 6.92 Å². The largest absolute Gasteiger partial charge is 0.294 e. The third kappa shape index (κ3) is 19.8. The summed E-state index contributed by atoms with van der Waals surface area (Å²) in [5.41, 5.74) is 0. The Hall–Kier alpha value is 0.766. The molecule has 0 bridgehead atoms. The summed E-state index contributed by atoms with van der Waals surface area (Å²) in [7, 11) is -4.00. The van der Waals surface area contributed by atoms with Gasteiger partial charge in [0.2, 0.25) is 0 Å². The molecule has 0 fully saturated rings. The first-order valence-electron chi connectivity index (χ1n) is 11.0. The van der Waals surface area contributed by atoms with Crippen molar-refractivity contribution >= 4 is 59.1 Å². The van der Waals surface area contributed by atoms with Crippen LogP contribution in [0, 0.1) is 0 Å². The van der Waals surface area contributed by atoms with Gasteiger partial charge in [0.05, 0.1) is 4.90 Å². The summed E-state index contributed by atoms with van der Waals surface area (Å²) in [6, 6.07) is 7.42. The Morgan fingerprint density at radius 1 is 0.704 bits per heavy atom. The van der Waals surface area contributed by atoms with Crippen molar-refractivity contribution in [3.8, 4) is 0 Å². The van der Waals surface area contributed by atoms with Crippen molar-refractivity contribution in [3.05, 3.63) is 30.3 Å². The van der Waals surface area contributed by atoms with E-state index >= 15 is 0 Å². The summed E-state index contributed by atoms with van der Waals surface area (Å²) >= 11 is 1.10. The van der Waals surface area contributed by atoms with E-state index in [9.17, 15) is 8.42 Å². The van der Waals surface area contributed by atoms with Crippen LogP contribution in [0.25, 0.3) is 0 Å². The fourth-order valence-electron chi connectivity index (χ4n) is 3.04. The Balaban J connectivity index is 0.000000569. The Labute approximate surface area is 202 Å². The SMILES string of the molecule is CCCCCCCCCCCCCCC[CH2][K].O=S(=O)(O)c1ccccc1. The van der Waals surface area contributed by atoms with Crippen LogP contribution in [0.15, 0.2) is 35.2 Å². The fourth-order valence-corrected chi connectivity index (χ4v) is 4.32. The van der Waals surface area contributed by atoms with Crippen LogP contribution in [0.5, 0.6) is 0 Å². The summed E-state index contributed by atoms with van der Waals surface area (Å²) in [6.45, 7) is 2.29. The van der Waals surface area contributed by atoms with Crippen LogP contribution >= 0.6 is 0 Å². The molecule has 0 saturated heterocycles. The predicted octanol–water partition coefficient (Wildman–Crippen LogP) is 6.99. The normalized spacial score (nSPS) is 11.1. The van der Waals surface area contributed by atoms with E-state index in [1.54, 1.807) is 18.7 Å². The zero-order valence-corrected chi connectivity index (χ0v) is 21.6. The van der Waals surface area contributed by atoms with Crippen LogP contribution in [0.2, 0.25) is 0.515 Å². The number of rotatable bonds is 15. The molecule has 0 radical (unpaired) electrons. The summed E-state index contributed by atoms with van der Waals surface area (Å²) < 4.78 is 30.8. The molecule has 152 valence electrons. The van der Waals surface area contributed by atoms with Crippen molar-refractivity contribution in [2.75, 3.05) is 0 Å². The summed E-state index contributed by atoms with van der Waals surface area (Å²) in [4.78, 5) is -0.0741. The molecule has 1 aromatic rings. The van der Waals surface area contributed by atoms with Crippen LogP contribution in [-0.4, -0.2) is 61.9 Å². The van der Waals surface area contributed by atoms with E-state index in [0.717, 1.165) is 49.0 Å². The maximum Gasteiger partial charge on any atom is 0.294 e. The molecule has 3 nitrogen and oxygen atoms in total. The second-order valence-electron chi connectivity index (χ2n) is 7.38. The Bertz CT molecular complexity index is 504. The van der Waals surface area contributed by atoms with Crippen molar-refractivity contribution in [3.63, 3.8) is 0 Å². The molecule has 1 aromatic carbocycles. The molecule has 0 atom stereocenters. The first-order chi connectivity index (χ1) is 13.0. The molecule has 0 unspecified atom stereocenters. The quantitative estimate of drug-likeness (QED) is 0.188. The van der Waals surface area contributed by atoms with Crippen molar-refractivity contribution in [2.45, 2.75) is 102 Å². The first kappa shape index (κ1) is 27.8. The number of hydrogen-bond donors (Lipinski definition) is 1. The molecule has 0 amide bonds. The van der Waals surface area contributed by atoms with Gasteiger partial charge in [-0.05, 0) is 12.1 Å². The fraction of sp³-hybridized carbons (Fsp3) is 0.727. The monoisotopic (exact) mass is 422 g/mol. The third-order valence-corrected chi connectivity index (χ3v) is 6.72. The summed E-state index contributed by atoms with van der Waals surface area (Å²) in [5, 5.41) is 0. The molecule has 27 heavy (non-hydrogen) atoms. The standard InChI is InChI=1S/C16H33.C6H6O3S.K/c1-3-5-7-9-11-13-15-16-14-12-10-8-6-4-2;7-10(8,9)6-4-2-1-3-5-6;/h1,3-16H2,2H3;1-5H,(H,7,8,9);. The number of hydrogen-bond acceptors (Lipinski definition) is 2. The van der Waals surface area contributed by atoms with Crippen LogP contribution in [-0.2, 0) is 10.1 Å². The van der Waals surface area contributed by atoms with Gasteiger partial charge in [-0.15, -0.1) is 0 Å². The van der Waals surface area contributed by atoms with Gasteiger partial charge in [-0.3, -0.25) is 4.55 Å². The minimum absolute atomic E-state index is 0.0741. The molecule has 0 aliphatic heterocycles. The average molecular weight is 423 g/mol. The topological polar surface area (TPSA) is 54.4 Å². The van der Waals surface area contributed by atoms with Crippen molar-refractivity contribution in [1.29, 1.82) is 0 Å². The molecule has 1 N–H and O–H groups in total. The third-order valence-electron chi connectivity index (χ3n) is 4.75. The summed E-state index contributed by atoms with van der Waals surface area (Å²) in [6.07, 6.45) is 20.8. The van der Waals surface area contributed by atoms with Crippen LogP contribution in [0.1, 0.15) is 96.8 Å². The van der Waals surface area contributed by atoms with Gasteiger partial charge in [0, 0.05) is 0 Å². The molecule has 1 rings (SSSR count). The first-order valence-corrected chi connectivity index (χ1v) is 14.7. The van der Waals surface area contributed by atoms with E-state index in [0.29, 0.717) is 0 Å². The van der Waals surface area contributed by atoms with E-state index < -0.39 is 10.1 Å². The minimum atomic E-state index is -4.00. The average Bonchev–Trinajstić information content (AvgIpc) is 2.66. The molecular formula is C22H39KO3S. The van der Waals surface area contributed by atoms with Crippen molar-refractivity contribution < 1.29 is 13.0 Å². The smallest absolute Gasteiger partial charge is 0.282 e. The molecule has 0 aromatic heterocycles. The van der Waals surface area contributed by atoms with Gasteiger partial charge in [-0.1, -0.05) is 44.4 Å². The van der Waals surface area contributed by atoms with Crippen molar-refractivity contribution in [1.82, 2.24) is 0 Å². The maximum atomic E-state index is 10.4. The van der Waals surface area contributed by atoms with Crippen LogP contribution < -0.4 is 0 Å². The van der Waals surface area contributed by atoms with Gasteiger partial charge in [0.1, 0.15) is 0 Å². The number of unbranched alkanes of at least 4 members (excludes halogenated alkanes) is 13. The van der Waals surface area contributed by atoms with Gasteiger partial charge in [0.15, 0.2) is 0 Å².